The number of carbonyl (C=O) groups is 1. The predicted octanol–water partition coefficient (Wildman–Crippen LogP) is 2.46. The van der Waals surface area contributed by atoms with Crippen molar-refractivity contribution < 1.29 is 9.53 Å². The van der Waals surface area contributed by atoms with E-state index in [1.54, 1.807) is 0 Å². The summed E-state index contributed by atoms with van der Waals surface area (Å²) in [6, 6.07) is 7.56. The van der Waals surface area contributed by atoms with Gasteiger partial charge in [0.05, 0.1) is 11.6 Å². The number of hydrogen-bond acceptors (Lipinski definition) is 4. The molecule has 1 aromatic rings. The van der Waals surface area contributed by atoms with Gasteiger partial charge in [-0.25, -0.2) is 4.79 Å². The normalized spacial score (nSPS) is 19.1. The molecule has 88 valence electrons. The fourth-order valence-electron chi connectivity index (χ4n) is 1.83. The SMILES string of the molecule is CC(C)=Nc1ccccc1[C@@H]1COC(=O)C1=N. The molecule has 1 fully saturated rings. The Morgan fingerprint density at radius 1 is 1.41 bits per heavy atom. The second kappa shape index (κ2) is 4.49. The molecule has 0 amide bonds. The molecule has 4 heteroatoms. The van der Waals surface area contributed by atoms with Gasteiger partial charge in [-0.1, -0.05) is 18.2 Å². The fraction of sp³-hybridized carbons (Fsp3) is 0.308. The Labute approximate surface area is 99.8 Å². The molecule has 0 saturated carbocycles. The van der Waals surface area contributed by atoms with E-state index < -0.39 is 5.97 Å². The van der Waals surface area contributed by atoms with Crippen molar-refractivity contribution in [2.45, 2.75) is 19.8 Å². The van der Waals surface area contributed by atoms with E-state index in [2.05, 4.69) is 4.99 Å². The number of carbonyl (C=O) groups excluding carboxylic acids is 1. The van der Waals surface area contributed by atoms with Crippen molar-refractivity contribution in [3.63, 3.8) is 0 Å². The van der Waals surface area contributed by atoms with E-state index in [1.165, 1.54) is 0 Å². The fourth-order valence-corrected chi connectivity index (χ4v) is 1.83. The lowest BCUT2D eigenvalue weighted by Crippen LogP contribution is -2.12. The van der Waals surface area contributed by atoms with Gasteiger partial charge >= 0.3 is 5.97 Å². The van der Waals surface area contributed by atoms with Gasteiger partial charge in [0.15, 0.2) is 0 Å². The van der Waals surface area contributed by atoms with Crippen LogP contribution in [0.25, 0.3) is 0 Å². The standard InChI is InChI=1S/C13H14N2O2/c1-8(2)15-11-6-4-3-5-9(11)10-7-17-13(16)12(10)14/h3-6,10,14H,7H2,1-2H3/t10-/m0/s1. The molecule has 0 unspecified atom stereocenters. The first-order valence-corrected chi connectivity index (χ1v) is 5.46. The molecule has 1 aliphatic rings. The highest BCUT2D eigenvalue weighted by atomic mass is 16.5. The Morgan fingerprint density at radius 2 is 2.12 bits per heavy atom. The number of nitrogens with zero attached hydrogens (tertiary/aromatic N) is 1. The summed E-state index contributed by atoms with van der Waals surface area (Å²) in [7, 11) is 0. The third kappa shape index (κ3) is 2.25. The molecule has 1 aliphatic heterocycles. The molecular weight excluding hydrogens is 216 g/mol. The maximum Gasteiger partial charge on any atom is 0.352 e. The minimum Gasteiger partial charge on any atom is -0.460 e. The number of aliphatic imine (C=N–C) groups is 1. The molecule has 1 atom stereocenters. The first kappa shape index (κ1) is 11.5. The molecule has 0 bridgehead atoms. The van der Waals surface area contributed by atoms with Crippen molar-refractivity contribution in [3.05, 3.63) is 29.8 Å². The van der Waals surface area contributed by atoms with Gasteiger partial charge in [0.25, 0.3) is 0 Å². The third-order valence-corrected chi connectivity index (χ3v) is 2.61. The molecule has 1 N–H and O–H groups in total. The van der Waals surface area contributed by atoms with Crippen LogP contribution < -0.4 is 0 Å². The zero-order chi connectivity index (χ0) is 12.4. The third-order valence-electron chi connectivity index (χ3n) is 2.61. The number of esters is 1. The number of benzene rings is 1. The Kier molecular flexibility index (Phi) is 3.04. The van der Waals surface area contributed by atoms with Gasteiger partial charge in [-0.15, -0.1) is 0 Å². The molecule has 0 spiro atoms. The average molecular weight is 230 g/mol. The van der Waals surface area contributed by atoms with Gasteiger partial charge in [0.2, 0.25) is 0 Å². The lowest BCUT2D eigenvalue weighted by Gasteiger charge is -2.10. The second-order valence-electron chi connectivity index (χ2n) is 4.18. The molecule has 17 heavy (non-hydrogen) atoms. The van der Waals surface area contributed by atoms with Crippen molar-refractivity contribution in [3.8, 4) is 0 Å². The molecule has 1 heterocycles. The predicted molar refractivity (Wildman–Crippen MR) is 66.3 cm³/mol. The molecule has 0 aromatic heterocycles. The van der Waals surface area contributed by atoms with Gasteiger partial charge < -0.3 is 4.74 Å². The maximum absolute atomic E-state index is 11.2. The van der Waals surface area contributed by atoms with Crippen LogP contribution in [-0.2, 0) is 9.53 Å². The van der Waals surface area contributed by atoms with Crippen molar-refractivity contribution in [1.29, 1.82) is 5.41 Å². The van der Waals surface area contributed by atoms with Crippen LogP contribution >= 0.6 is 0 Å². The van der Waals surface area contributed by atoms with Gasteiger partial charge in [0, 0.05) is 5.71 Å². The van der Waals surface area contributed by atoms with Crippen LogP contribution in [0.1, 0.15) is 25.3 Å². The van der Waals surface area contributed by atoms with Gasteiger partial charge in [-0.3, -0.25) is 10.4 Å². The van der Waals surface area contributed by atoms with E-state index in [9.17, 15) is 4.79 Å². The lowest BCUT2D eigenvalue weighted by molar-refractivity contribution is -0.132. The van der Waals surface area contributed by atoms with Crippen molar-refractivity contribution in [1.82, 2.24) is 0 Å². The number of nitrogens with one attached hydrogen (secondary N) is 1. The quantitative estimate of drug-likeness (QED) is 0.626. The number of ether oxygens (including phenoxy) is 1. The highest BCUT2D eigenvalue weighted by Gasteiger charge is 2.33. The summed E-state index contributed by atoms with van der Waals surface area (Å²) >= 11 is 0. The topological polar surface area (TPSA) is 62.5 Å². The highest BCUT2D eigenvalue weighted by Crippen LogP contribution is 2.31. The number of cyclic esters (lactones) is 1. The smallest absolute Gasteiger partial charge is 0.352 e. The van der Waals surface area contributed by atoms with E-state index in [0.717, 1.165) is 17.0 Å². The summed E-state index contributed by atoms with van der Waals surface area (Å²) < 4.78 is 4.88. The van der Waals surface area contributed by atoms with E-state index >= 15 is 0 Å². The zero-order valence-corrected chi connectivity index (χ0v) is 9.86. The lowest BCUT2D eigenvalue weighted by atomic mass is 9.95. The van der Waals surface area contributed by atoms with E-state index in [4.69, 9.17) is 10.1 Å². The van der Waals surface area contributed by atoms with Crippen molar-refractivity contribution >= 4 is 23.1 Å². The van der Waals surface area contributed by atoms with Crippen LogP contribution in [0, 0.1) is 5.41 Å². The second-order valence-corrected chi connectivity index (χ2v) is 4.18. The van der Waals surface area contributed by atoms with Crippen molar-refractivity contribution in [2.24, 2.45) is 4.99 Å². The largest absolute Gasteiger partial charge is 0.460 e. The summed E-state index contributed by atoms with van der Waals surface area (Å²) in [6.07, 6.45) is 0. The molecule has 0 radical (unpaired) electrons. The minimum atomic E-state index is -0.526. The van der Waals surface area contributed by atoms with Crippen LogP contribution in [0.5, 0.6) is 0 Å². The average Bonchev–Trinajstić information content (AvgIpc) is 2.60. The summed E-state index contributed by atoms with van der Waals surface area (Å²) in [5, 5.41) is 7.71. The molecule has 1 saturated heterocycles. The molecule has 2 rings (SSSR count). The minimum absolute atomic E-state index is 0.0152. The van der Waals surface area contributed by atoms with Crippen LogP contribution in [0.2, 0.25) is 0 Å². The number of hydrogen-bond donors (Lipinski definition) is 1. The Balaban J connectivity index is 2.42. The van der Waals surface area contributed by atoms with E-state index in [0.29, 0.717) is 0 Å². The monoisotopic (exact) mass is 230 g/mol. The Morgan fingerprint density at radius 3 is 2.71 bits per heavy atom. The van der Waals surface area contributed by atoms with Gasteiger partial charge in [0.1, 0.15) is 12.3 Å². The summed E-state index contributed by atoms with van der Waals surface area (Å²) in [4.78, 5) is 15.6. The van der Waals surface area contributed by atoms with Crippen LogP contribution in [0.3, 0.4) is 0 Å². The summed E-state index contributed by atoms with van der Waals surface area (Å²) in [5.41, 5.74) is 2.64. The van der Waals surface area contributed by atoms with Crippen LogP contribution in [0.15, 0.2) is 29.3 Å². The zero-order valence-electron chi connectivity index (χ0n) is 9.86. The van der Waals surface area contributed by atoms with Gasteiger partial charge in [-0.05, 0) is 25.5 Å². The Hall–Kier alpha value is -1.97. The number of rotatable bonds is 2. The molecule has 0 aliphatic carbocycles. The highest BCUT2D eigenvalue weighted by molar-refractivity contribution is 6.39. The van der Waals surface area contributed by atoms with E-state index in [1.807, 2.05) is 38.1 Å². The summed E-state index contributed by atoms with van der Waals surface area (Å²) in [6.45, 7) is 4.07. The van der Waals surface area contributed by atoms with E-state index in [-0.39, 0.29) is 18.2 Å². The van der Waals surface area contributed by atoms with Crippen molar-refractivity contribution in [2.75, 3.05) is 6.61 Å². The van der Waals surface area contributed by atoms with Gasteiger partial charge in [-0.2, -0.15) is 0 Å². The van der Waals surface area contributed by atoms with Crippen LogP contribution in [0.4, 0.5) is 5.69 Å². The Bertz CT molecular complexity index is 502. The summed E-state index contributed by atoms with van der Waals surface area (Å²) in [5.74, 6) is -0.816. The number of para-hydroxylation sites is 1. The molecule has 4 nitrogen and oxygen atoms in total. The first-order chi connectivity index (χ1) is 8.09. The van der Waals surface area contributed by atoms with Crippen LogP contribution in [-0.4, -0.2) is 24.0 Å². The molecular formula is C13H14N2O2. The molecule has 1 aromatic carbocycles. The first-order valence-electron chi connectivity index (χ1n) is 5.46. The maximum atomic E-state index is 11.2.